The number of hydrogen-bond donors (Lipinski definition) is 1. The van der Waals surface area contributed by atoms with Crippen LogP contribution in [0.5, 0.6) is 0 Å². The second-order valence-corrected chi connectivity index (χ2v) is 4.93. The van der Waals surface area contributed by atoms with Crippen molar-refractivity contribution in [3.8, 4) is 0 Å². The van der Waals surface area contributed by atoms with Crippen molar-refractivity contribution in [3.63, 3.8) is 0 Å². The van der Waals surface area contributed by atoms with Crippen LogP contribution in [0.2, 0.25) is 0 Å². The number of anilines is 1. The summed E-state index contributed by atoms with van der Waals surface area (Å²) in [5.74, 6) is -0.100. The average molecular weight is 302 g/mol. The summed E-state index contributed by atoms with van der Waals surface area (Å²) in [6, 6.07) is 0. The van der Waals surface area contributed by atoms with Crippen LogP contribution in [0.15, 0.2) is 5.16 Å². The van der Waals surface area contributed by atoms with E-state index < -0.39 is 5.97 Å². The van der Waals surface area contributed by atoms with Gasteiger partial charge in [-0.25, -0.2) is 0 Å². The zero-order valence-corrected chi connectivity index (χ0v) is 13.0. The Morgan fingerprint density at radius 3 is 2.70 bits per heavy atom. The second-order valence-electron chi connectivity index (χ2n) is 3.99. The molecule has 1 aromatic heterocycles. The standard InChI is InChI=1S/C12H22N4O3S/c1-4-15(7-8-19-6-3)11-13-14-12(16(11)5-2)20-9-10(17)18/h4-9H2,1-3H3,(H,17,18). The molecule has 0 bridgehead atoms. The average Bonchev–Trinajstić information content (AvgIpc) is 2.84. The number of carboxylic acid groups (broad SMARTS) is 1. The normalized spacial score (nSPS) is 10.8. The highest BCUT2D eigenvalue weighted by molar-refractivity contribution is 7.99. The number of hydrogen-bond acceptors (Lipinski definition) is 6. The minimum absolute atomic E-state index is 0.0107. The summed E-state index contributed by atoms with van der Waals surface area (Å²) in [7, 11) is 0. The molecule has 114 valence electrons. The third kappa shape index (κ3) is 4.68. The lowest BCUT2D eigenvalue weighted by Gasteiger charge is -2.22. The number of carboxylic acids is 1. The monoisotopic (exact) mass is 302 g/mol. The molecule has 0 radical (unpaired) electrons. The minimum Gasteiger partial charge on any atom is -0.481 e. The number of aromatic nitrogens is 3. The molecule has 0 aliphatic heterocycles. The van der Waals surface area contributed by atoms with Crippen molar-refractivity contribution >= 4 is 23.7 Å². The first kappa shape index (κ1) is 16.8. The number of likely N-dealkylation sites (N-methyl/N-ethyl adjacent to an activating group) is 1. The summed E-state index contributed by atoms with van der Waals surface area (Å²) in [6.07, 6.45) is 0. The summed E-state index contributed by atoms with van der Waals surface area (Å²) in [6.45, 7) is 9.58. The van der Waals surface area contributed by atoms with Crippen molar-refractivity contribution in [2.24, 2.45) is 0 Å². The van der Waals surface area contributed by atoms with Crippen molar-refractivity contribution in [3.05, 3.63) is 0 Å². The Kier molecular flexibility index (Phi) is 7.38. The van der Waals surface area contributed by atoms with Gasteiger partial charge in [-0.2, -0.15) is 0 Å². The third-order valence-electron chi connectivity index (χ3n) is 2.71. The number of ether oxygens (including phenoxy) is 1. The van der Waals surface area contributed by atoms with E-state index in [0.29, 0.717) is 24.9 Å². The van der Waals surface area contributed by atoms with Gasteiger partial charge in [-0.1, -0.05) is 11.8 Å². The zero-order valence-electron chi connectivity index (χ0n) is 12.2. The van der Waals surface area contributed by atoms with Crippen LogP contribution in [0.3, 0.4) is 0 Å². The number of aliphatic carboxylic acids is 1. The van der Waals surface area contributed by atoms with Crippen molar-refractivity contribution < 1.29 is 14.6 Å². The molecule has 8 heteroatoms. The van der Waals surface area contributed by atoms with E-state index in [1.165, 1.54) is 11.8 Å². The molecule has 0 aromatic carbocycles. The summed E-state index contributed by atoms with van der Waals surface area (Å²) < 4.78 is 7.30. The summed E-state index contributed by atoms with van der Waals surface area (Å²) in [5, 5.41) is 17.6. The largest absolute Gasteiger partial charge is 0.481 e. The van der Waals surface area contributed by atoms with Crippen LogP contribution in [0, 0.1) is 0 Å². The van der Waals surface area contributed by atoms with Crippen LogP contribution in [-0.2, 0) is 16.1 Å². The summed E-state index contributed by atoms with van der Waals surface area (Å²) in [5.41, 5.74) is 0. The maximum atomic E-state index is 10.6. The van der Waals surface area contributed by atoms with Gasteiger partial charge in [0.1, 0.15) is 0 Å². The summed E-state index contributed by atoms with van der Waals surface area (Å²) >= 11 is 1.19. The number of carbonyl (C=O) groups is 1. The summed E-state index contributed by atoms with van der Waals surface area (Å²) in [4.78, 5) is 12.7. The lowest BCUT2D eigenvalue weighted by molar-refractivity contribution is -0.133. The highest BCUT2D eigenvalue weighted by Crippen LogP contribution is 2.21. The van der Waals surface area contributed by atoms with Crippen LogP contribution in [0.1, 0.15) is 20.8 Å². The van der Waals surface area contributed by atoms with Crippen LogP contribution >= 0.6 is 11.8 Å². The molecule has 1 N–H and O–H groups in total. The van der Waals surface area contributed by atoms with E-state index in [1.54, 1.807) is 0 Å². The molecule has 1 aromatic rings. The first-order chi connectivity index (χ1) is 9.63. The second kappa shape index (κ2) is 8.80. The molecule has 0 amide bonds. The first-order valence-corrected chi connectivity index (χ1v) is 7.73. The molecule has 0 aliphatic carbocycles. The van der Waals surface area contributed by atoms with Gasteiger partial charge in [-0.3, -0.25) is 9.36 Å². The predicted octanol–water partition coefficient (Wildman–Crippen LogP) is 1.34. The van der Waals surface area contributed by atoms with Crippen molar-refractivity contribution in [1.29, 1.82) is 0 Å². The fourth-order valence-electron chi connectivity index (χ4n) is 1.74. The smallest absolute Gasteiger partial charge is 0.313 e. The van der Waals surface area contributed by atoms with Crippen LogP contribution in [0.25, 0.3) is 0 Å². The van der Waals surface area contributed by atoms with Gasteiger partial charge in [0.2, 0.25) is 5.95 Å². The van der Waals surface area contributed by atoms with Gasteiger partial charge in [-0.15, -0.1) is 10.2 Å². The number of rotatable bonds is 10. The van der Waals surface area contributed by atoms with E-state index in [0.717, 1.165) is 19.0 Å². The fraction of sp³-hybridized carbons (Fsp3) is 0.750. The molecule has 1 rings (SSSR count). The molecule has 1 heterocycles. The van der Waals surface area contributed by atoms with Crippen molar-refractivity contribution in [1.82, 2.24) is 14.8 Å². The molecule has 7 nitrogen and oxygen atoms in total. The molecule has 0 atom stereocenters. The van der Waals surface area contributed by atoms with E-state index in [2.05, 4.69) is 15.1 Å². The Morgan fingerprint density at radius 2 is 2.15 bits per heavy atom. The topological polar surface area (TPSA) is 80.5 Å². The van der Waals surface area contributed by atoms with E-state index in [1.807, 2.05) is 25.3 Å². The zero-order chi connectivity index (χ0) is 15.0. The van der Waals surface area contributed by atoms with Crippen LogP contribution in [-0.4, -0.2) is 57.9 Å². The van der Waals surface area contributed by atoms with Gasteiger partial charge in [0.25, 0.3) is 0 Å². The third-order valence-corrected chi connectivity index (χ3v) is 3.66. The molecule has 0 saturated heterocycles. The SMILES string of the molecule is CCOCCN(CC)c1nnc(SCC(=O)O)n1CC. The predicted molar refractivity (Wildman–Crippen MR) is 78.4 cm³/mol. The number of nitrogens with zero attached hydrogens (tertiary/aromatic N) is 4. The highest BCUT2D eigenvalue weighted by atomic mass is 32.2. The number of thioether (sulfide) groups is 1. The molecular weight excluding hydrogens is 280 g/mol. The van der Waals surface area contributed by atoms with Crippen molar-refractivity contribution in [2.75, 3.05) is 37.0 Å². The Bertz CT molecular complexity index is 425. The van der Waals surface area contributed by atoms with E-state index >= 15 is 0 Å². The van der Waals surface area contributed by atoms with E-state index in [4.69, 9.17) is 9.84 Å². The quantitative estimate of drug-likeness (QED) is 0.516. The van der Waals surface area contributed by atoms with Gasteiger partial charge in [-0.05, 0) is 20.8 Å². The van der Waals surface area contributed by atoms with Crippen LogP contribution < -0.4 is 4.90 Å². The maximum absolute atomic E-state index is 10.6. The van der Waals surface area contributed by atoms with Gasteiger partial charge < -0.3 is 14.7 Å². The van der Waals surface area contributed by atoms with Gasteiger partial charge in [0.05, 0.1) is 12.4 Å². The van der Waals surface area contributed by atoms with Crippen molar-refractivity contribution in [2.45, 2.75) is 32.5 Å². The molecule has 0 saturated carbocycles. The Balaban J connectivity index is 2.79. The Hall–Kier alpha value is -1.28. The lowest BCUT2D eigenvalue weighted by Crippen LogP contribution is -2.30. The molecule has 0 unspecified atom stereocenters. The molecule has 20 heavy (non-hydrogen) atoms. The molecule has 0 spiro atoms. The van der Waals surface area contributed by atoms with Gasteiger partial charge >= 0.3 is 5.97 Å². The maximum Gasteiger partial charge on any atom is 0.313 e. The van der Waals surface area contributed by atoms with Crippen LogP contribution in [0.4, 0.5) is 5.95 Å². The molecule has 0 fully saturated rings. The minimum atomic E-state index is -0.856. The first-order valence-electron chi connectivity index (χ1n) is 6.74. The van der Waals surface area contributed by atoms with Gasteiger partial charge in [0, 0.05) is 26.2 Å². The van der Waals surface area contributed by atoms with Gasteiger partial charge in [0.15, 0.2) is 5.16 Å². The molecule has 0 aliphatic rings. The fourth-order valence-corrected chi connectivity index (χ4v) is 2.46. The lowest BCUT2D eigenvalue weighted by atomic mass is 10.5. The Labute approximate surface area is 123 Å². The van der Waals surface area contributed by atoms with E-state index in [-0.39, 0.29) is 5.75 Å². The molecular formula is C12H22N4O3S. The van der Waals surface area contributed by atoms with E-state index in [9.17, 15) is 4.79 Å². The highest BCUT2D eigenvalue weighted by Gasteiger charge is 2.17. The Morgan fingerprint density at radius 1 is 1.40 bits per heavy atom.